The number of hydrogen-bond donors (Lipinski definition) is 0. The van der Waals surface area contributed by atoms with Crippen LogP contribution in [0.15, 0.2) is 206 Å². The molecule has 0 atom stereocenters. The number of aromatic nitrogens is 4. The predicted molar refractivity (Wildman–Crippen MR) is 261 cm³/mol. The lowest BCUT2D eigenvalue weighted by molar-refractivity contribution is 1.08. The SMILES string of the molecule is c1ccc(-n2c3ccccc3c3c(-c4cccc5c4sc4c6cc(-c7nc(-c8ccc9ccccc9c8)nc(-c8cccc9ccccc89)n7)ccc6ccc54)cccc32)cc1. The topological polar surface area (TPSA) is 43.6 Å². The minimum absolute atomic E-state index is 0.647. The second-order valence-corrected chi connectivity index (χ2v) is 17.0. The molecule has 0 spiro atoms. The molecule has 3 heterocycles. The van der Waals surface area contributed by atoms with Gasteiger partial charge >= 0.3 is 0 Å². The van der Waals surface area contributed by atoms with Gasteiger partial charge in [-0.05, 0) is 68.9 Å². The molecular weight excluding hydrogens is 773 g/mol. The van der Waals surface area contributed by atoms with Crippen molar-refractivity contribution in [2.75, 3.05) is 0 Å². The van der Waals surface area contributed by atoms with E-state index in [1.54, 1.807) is 0 Å². The van der Waals surface area contributed by atoms with Gasteiger partial charge in [0.05, 0.1) is 11.0 Å². The third kappa shape index (κ3) is 5.42. The summed E-state index contributed by atoms with van der Waals surface area (Å²) in [4.78, 5) is 15.7. The molecular formula is C57H34N4S. The molecule has 62 heavy (non-hydrogen) atoms. The Bertz CT molecular complexity index is 3930. The van der Waals surface area contributed by atoms with Crippen molar-refractivity contribution in [2.24, 2.45) is 0 Å². The van der Waals surface area contributed by atoms with Crippen LogP contribution in [0.2, 0.25) is 0 Å². The van der Waals surface area contributed by atoms with E-state index < -0.39 is 0 Å². The Morgan fingerprint density at radius 3 is 1.76 bits per heavy atom. The molecule has 0 bridgehead atoms. The molecule has 0 radical (unpaired) electrons. The van der Waals surface area contributed by atoms with Crippen molar-refractivity contribution in [2.45, 2.75) is 0 Å². The van der Waals surface area contributed by atoms with Crippen LogP contribution in [0.1, 0.15) is 0 Å². The summed E-state index contributed by atoms with van der Waals surface area (Å²) in [5.41, 5.74) is 8.93. The summed E-state index contributed by atoms with van der Waals surface area (Å²) in [6.45, 7) is 0. The van der Waals surface area contributed by atoms with Crippen LogP contribution in [0.3, 0.4) is 0 Å². The van der Waals surface area contributed by atoms with Crippen LogP contribution in [0.5, 0.6) is 0 Å². The van der Waals surface area contributed by atoms with Gasteiger partial charge in [0.15, 0.2) is 17.5 Å². The number of thiophene rings is 1. The van der Waals surface area contributed by atoms with Crippen LogP contribution in [-0.2, 0) is 0 Å². The lowest BCUT2D eigenvalue weighted by Gasteiger charge is -2.11. The average Bonchev–Trinajstić information content (AvgIpc) is 3.90. The Morgan fingerprint density at radius 2 is 0.887 bits per heavy atom. The van der Waals surface area contributed by atoms with Crippen molar-refractivity contribution in [3.05, 3.63) is 206 Å². The highest BCUT2D eigenvalue weighted by Gasteiger charge is 2.20. The van der Waals surface area contributed by atoms with Crippen LogP contribution < -0.4 is 0 Å². The fourth-order valence-corrected chi connectivity index (χ4v) is 10.9. The Hall–Kier alpha value is -7.99. The van der Waals surface area contributed by atoms with E-state index in [0.717, 1.165) is 38.5 Å². The molecule has 13 aromatic rings. The number of para-hydroxylation sites is 2. The molecule has 5 heteroatoms. The van der Waals surface area contributed by atoms with E-state index in [-0.39, 0.29) is 0 Å². The van der Waals surface area contributed by atoms with Crippen molar-refractivity contribution in [3.8, 4) is 51.0 Å². The Balaban J connectivity index is 1.02. The summed E-state index contributed by atoms with van der Waals surface area (Å²) >= 11 is 1.88. The van der Waals surface area contributed by atoms with Crippen molar-refractivity contribution in [1.29, 1.82) is 0 Å². The molecule has 13 rings (SSSR count). The number of rotatable bonds is 5. The minimum atomic E-state index is 0.647. The van der Waals surface area contributed by atoms with E-state index in [0.29, 0.717) is 17.5 Å². The highest BCUT2D eigenvalue weighted by molar-refractivity contribution is 7.27. The first-order valence-electron chi connectivity index (χ1n) is 20.9. The largest absolute Gasteiger partial charge is 0.309 e. The van der Waals surface area contributed by atoms with E-state index in [1.807, 2.05) is 11.3 Å². The van der Waals surface area contributed by atoms with Gasteiger partial charge in [0.25, 0.3) is 0 Å². The zero-order valence-electron chi connectivity index (χ0n) is 33.3. The Labute approximate surface area is 360 Å². The average molecular weight is 807 g/mol. The maximum atomic E-state index is 5.25. The fourth-order valence-electron chi connectivity index (χ4n) is 9.53. The van der Waals surface area contributed by atoms with Gasteiger partial charge < -0.3 is 4.57 Å². The highest BCUT2D eigenvalue weighted by atomic mass is 32.1. The standard InChI is InChI=1S/C57H34N4S/c1-2-17-41(18-3-1)61-50-25-9-8-20-48(50)52-43(21-12-26-51(52)61)44-22-11-23-45-46-32-31-37-28-30-40(34-49(37)54(46)62-53(44)45)56-58-55(39-29-27-35-13-4-5-15-38(35)33-39)59-57(60-56)47-24-10-16-36-14-6-7-19-42(36)47/h1-34H. The van der Waals surface area contributed by atoms with E-state index in [4.69, 9.17) is 15.0 Å². The van der Waals surface area contributed by atoms with Gasteiger partial charge in [-0.2, -0.15) is 0 Å². The maximum absolute atomic E-state index is 5.25. The van der Waals surface area contributed by atoms with E-state index >= 15 is 0 Å². The molecule has 0 saturated heterocycles. The summed E-state index contributed by atoms with van der Waals surface area (Å²) in [6, 6.07) is 73.9. The van der Waals surface area contributed by atoms with Gasteiger partial charge in [-0.3, -0.25) is 0 Å². The lowest BCUT2D eigenvalue weighted by atomic mass is 9.97. The Kier molecular flexibility index (Phi) is 7.74. The number of benzene rings is 10. The summed E-state index contributed by atoms with van der Waals surface area (Å²) in [7, 11) is 0. The zero-order chi connectivity index (χ0) is 40.7. The minimum Gasteiger partial charge on any atom is -0.309 e. The quantitative estimate of drug-likeness (QED) is 0.174. The zero-order valence-corrected chi connectivity index (χ0v) is 34.1. The molecule has 10 aromatic carbocycles. The number of fused-ring (bicyclic) bond motifs is 10. The molecule has 288 valence electrons. The van der Waals surface area contributed by atoms with Crippen LogP contribution in [0, 0.1) is 0 Å². The number of nitrogens with zero attached hydrogens (tertiary/aromatic N) is 4. The molecule has 4 nitrogen and oxygen atoms in total. The maximum Gasteiger partial charge on any atom is 0.164 e. The van der Waals surface area contributed by atoms with Gasteiger partial charge in [-0.15, -0.1) is 11.3 Å². The first-order chi connectivity index (χ1) is 30.7. The predicted octanol–water partition coefficient (Wildman–Crippen LogP) is 15.5. The van der Waals surface area contributed by atoms with Gasteiger partial charge in [0.2, 0.25) is 0 Å². The van der Waals surface area contributed by atoms with Crippen LogP contribution in [0.25, 0.3) is 125 Å². The number of hydrogen-bond acceptors (Lipinski definition) is 4. The molecule has 0 unspecified atom stereocenters. The van der Waals surface area contributed by atoms with Crippen molar-refractivity contribution >= 4 is 85.6 Å². The van der Waals surface area contributed by atoms with E-state index in [2.05, 4.69) is 211 Å². The first kappa shape index (κ1) is 34.8. The second-order valence-electron chi connectivity index (χ2n) is 15.9. The highest BCUT2D eigenvalue weighted by Crippen LogP contribution is 2.46. The third-order valence-electron chi connectivity index (χ3n) is 12.4. The van der Waals surface area contributed by atoms with E-state index in [1.165, 1.54) is 69.3 Å². The van der Waals surface area contributed by atoms with Gasteiger partial charge in [-0.25, -0.2) is 15.0 Å². The molecule has 0 aliphatic rings. The molecule has 0 aliphatic heterocycles. The summed E-state index contributed by atoms with van der Waals surface area (Å²) < 4.78 is 4.93. The van der Waals surface area contributed by atoms with Gasteiger partial charge in [0.1, 0.15) is 0 Å². The monoisotopic (exact) mass is 806 g/mol. The summed E-state index contributed by atoms with van der Waals surface area (Å²) in [6.07, 6.45) is 0. The van der Waals surface area contributed by atoms with E-state index in [9.17, 15) is 0 Å². The van der Waals surface area contributed by atoms with Crippen molar-refractivity contribution < 1.29 is 0 Å². The van der Waals surface area contributed by atoms with Crippen LogP contribution in [-0.4, -0.2) is 19.5 Å². The summed E-state index contributed by atoms with van der Waals surface area (Å²) in [5, 5.41) is 12.0. The molecule has 0 amide bonds. The fraction of sp³-hybridized carbons (Fsp3) is 0. The van der Waals surface area contributed by atoms with Gasteiger partial charge in [-0.1, -0.05) is 170 Å². The third-order valence-corrected chi connectivity index (χ3v) is 13.7. The van der Waals surface area contributed by atoms with Crippen molar-refractivity contribution in [3.63, 3.8) is 0 Å². The van der Waals surface area contributed by atoms with Crippen LogP contribution >= 0.6 is 11.3 Å². The molecule has 3 aromatic heterocycles. The lowest BCUT2D eigenvalue weighted by Crippen LogP contribution is -2.00. The second kappa shape index (κ2) is 13.8. The first-order valence-corrected chi connectivity index (χ1v) is 21.7. The van der Waals surface area contributed by atoms with Gasteiger partial charge in [0, 0.05) is 64.3 Å². The summed E-state index contributed by atoms with van der Waals surface area (Å²) in [5.74, 6) is 1.95. The molecule has 0 saturated carbocycles. The normalized spacial score (nSPS) is 11.9. The van der Waals surface area contributed by atoms with Crippen LogP contribution in [0.4, 0.5) is 0 Å². The Morgan fingerprint density at radius 1 is 0.323 bits per heavy atom. The smallest absolute Gasteiger partial charge is 0.164 e. The molecule has 0 aliphatic carbocycles. The molecule has 0 fully saturated rings. The van der Waals surface area contributed by atoms with Crippen molar-refractivity contribution in [1.82, 2.24) is 19.5 Å². The molecule has 0 N–H and O–H groups in total.